The van der Waals surface area contributed by atoms with E-state index in [1.165, 1.54) is 13.4 Å². The highest BCUT2D eigenvalue weighted by Crippen LogP contribution is 2.32. The first kappa shape index (κ1) is 15.9. The Morgan fingerprint density at radius 3 is 2.62 bits per heavy atom. The smallest absolute Gasteiger partial charge is 0.343 e. The van der Waals surface area contributed by atoms with Crippen LogP contribution in [-0.4, -0.2) is 19.7 Å². The van der Waals surface area contributed by atoms with Gasteiger partial charge >= 0.3 is 5.97 Å². The number of carbonyl (C=O) groups excluding carboxylic acids is 1. The van der Waals surface area contributed by atoms with E-state index in [4.69, 9.17) is 13.6 Å². The summed E-state index contributed by atoms with van der Waals surface area (Å²) in [6, 6.07) is 6.86. The van der Waals surface area contributed by atoms with Gasteiger partial charge in [-0.1, -0.05) is 0 Å². The molecule has 0 fully saturated rings. The summed E-state index contributed by atoms with van der Waals surface area (Å²) < 4.78 is 21.1. The van der Waals surface area contributed by atoms with Gasteiger partial charge in [-0.25, -0.2) is 4.79 Å². The average Bonchev–Trinajstić information content (AvgIpc) is 3.09. The topological polar surface area (TPSA) is 78.9 Å². The minimum Gasteiger partial charge on any atom is -0.474 e. The second-order valence-corrected chi connectivity index (χ2v) is 5.36. The molecule has 0 spiro atoms. The van der Waals surface area contributed by atoms with E-state index in [1.54, 1.807) is 24.3 Å². The van der Waals surface area contributed by atoms with Gasteiger partial charge in [0.1, 0.15) is 5.58 Å². The Kier molecular flexibility index (Phi) is 4.12. The molecule has 124 valence electrons. The highest BCUT2D eigenvalue weighted by atomic mass is 16.6. The molecule has 0 aliphatic rings. The van der Waals surface area contributed by atoms with E-state index >= 15 is 0 Å². The number of esters is 1. The second-order valence-electron chi connectivity index (χ2n) is 5.36. The van der Waals surface area contributed by atoms with E-state index in [1.807, 2.05) is 13.8 Å². The summed E-state index contributed by atoms with van der Waals surface area (Å²) in [6.07, 6.45) is 1.46. The van der Waals surface area contributed by atoms with Gasteiger partial charge in [0.15, 0.2) is 12.4 Å². The third-order valence-corrected chi connectivity index (χ3v) is 3.77. The normalized spacial score (nSPS) is 10.8. The minimum absolute atomic E-state index is 0.0777. The molecule has 0 unspecified atom stereocenters. The van der Waals surface area contributed by atoms with Crippen LogP contribution in [0, 0.1) is 13.8 Å². The zero-order valence-corrected chi connectivity index (χ0v) is 13.5. The van der Waals surface area contributed by atoms with E-state index in [9.17, 15) is 9.59 Å². The average molecular weight is 328 g/mol. The van der Waals surface area contributed by atoms with Gasteiger partial charge in [-0.15, -0.1) is 0 Å². The van der Waals surface area contributed by atoms with Crippen molar-refractivity contribution in [3.8, 4) is 17.3 Å². The molecule has 3 rings (SSSR count). The molecule has 0 aliphatic carbocycles. The molecule has 6 heteroatoms. The minimum atomic E-state index is -0.597. The van der Waals surface area contributed by atoms with Gasteiger partial charge in [0.2, 0.25) is 16.9 Å². The molecule has 0 saturated carbocycles. The highest BCUT2D eigenvalue weighted by Gasteiger charge is 2.21. The molecule has 1 aromatic carbocycles. The zero-order valence-electron chi connectivity index (χ0n) is 13.5. The summed E-state index contributed by atoms with van der Waals surface area (Å²) >= 11 is 0. The molecule has 0 amide bonds. The Morgan fingerprint density at radius 1 is 1.21 bits per heavy atom. The van der Waals surface area contributed by atoms with Crippen LogP contribution in [0.25, 0.3) is 22.5 Å². The first-order valence-electron chi connectivity index (χ1n) is 7.33. The molecule has 2 aromatic heterocycles. The van der Waals surface area contributed by atoms with Crippen molar-refractivity contribution in [3.05, 3.63) is 51.9 Å². The van der Waals surface area contributed by atoms with E-state index in [0.29, 0.717) is 16.7 Å². The Balaban J connectivity index is 2.23. The van der Waals surface area contributed by atoms with Crippen LogP contribution in [0.15, 0.2) is 44.2 Å². The number of furan rings is 1. The standard InChI is InChI=1S/C18H16O6/c1-10-7-12-14(8-11(10)2)24-17(13-5-4-6-22-13)18(16(12)20)23-9-15(19)21-3/h4-8H,9H2,1-3H3. The maximum absolute atomic E-state index is 12.8. The summed E-state index contributed by atoms with van der Waals surface area (Å²) in [5, 5.41) is 0.383. The Bertz CT molecular complexity index is 950. The number of ether oxygens (including phenoxy) is 2. The maximum Gasteiger partial charge on any atom is 0.343 e. The lowest BCUT2D eigenvalue weighted by molar-refractivity contribution is -0.142. The molecule has 24 heavy (non-hydrogen) atoms. The number of fused-ring (bicyclic) bond motifs is 1. The lowest BCUT2D eigenvalue weighted by atomic mass is 10.1. The first-order valence-corrected chi connectivity index (χ1v) is 7.33. The molecule has 6 nitrogen and oxygen atoms in total. The Labute approximate surface area is 137 Å². The monoisotopic (exact) mass is 328 g/mol. The van der Waals surface area contributed by atoms with Crippen LogP contribution >= 0.6 is 0 Å². The van der Waals surface area contributed by atoms with Crippen LogP contribution in [0.5, 0.6) is 5.75 Å². The van der Waals surface area contributed by atoms with Gasteiger partial charge in [-0.3, -0.25) is 4.79 Å². The lowest BCUT2D eigenvalue weighted by Gasteiger charge is -2.10. The van der Waals surface area contributed by atoms with Crippen molar-refractivity contribution in [2.45, 2.75) is 13.8 Å². The molecule has 0 atom stereocenters. The first-order chi connectivity index (χ1) is 11.5. The number of hydrogen-bond acceptors (Lipinski definition) is 6. The summed E-state index contributed by atoms with van der Waals surface area (Å²) in [7, 11) is 1.24. The van der Waals surface area contributed by atoms with Gasteiger partial charge in [-0.2, -0.15) is 0 Å². The fraction of sp³-hybridized carbons (Fsp3) is 0.222. The van der Waals surface area contributed by atoms with Crippen LogP contribution in [-0.2, 0) is 9.53 Å². The molecule has 0 aliphatic heterocycles. The van der Waals surface area contributed by atoms with Crippen molar-refractivity contribution >= 4 is 16.9 Å². The van der Waals surface area contributed by atoms with E-state index in [2.05, 4.69) is 4.74 Å². The zero-order chi connectivity index (χ0) is 17.3. The van der Waals surface area contributed by atoms with Crippen molar-refractivity contribution in [2.24, 2.45) is 0 Å². The van der Waals surface area contributed by atoms with Crippen LogP contribution in [0.4, 0.5) is 0 Å². The second kappa shape index (κ2) is 6.23. The predicted molar refractivity (Wildman–Crippen MR) is 87.2 cm³/mol. The van der Waals surface area contributed by atoms with Crippen molar-refractivity contribution in [1.29, 1.82) is 0 Å². The van der Waals surface area contributed by atoms with E-state index < -0.39 is 12.6 Å². The number of carbonyl (C=O) groups is 1. The van der Waals surface area contributed by atoms with Crippen LogP contribution in [0.3, 0.4) is 0 Å². The lowest BCUT2D eigenvalue weighted by Crippen LogP contribution is -2.17. The van der Waals surface area contributed by atoms with Gasteiger partial charge in [0.05, 0.1) is 18.8 Å². The molecular weight excluding hydrogens is 312 g/mol. The molecule has 0 N–H and O–H groups in total. The van der Waals surface area contributed by atoms with E-state index in [0.717, 1.165) is 11.1 Å². The number of benzene rings is 1. The third kappa shape index (κ3) is 2.78. The fourth-order valence-electron chi connectivity index (χ4n) is 2.32. The molecule has 0 saturated heterocycles. The van der Waals surface area contributed by atoms with E-state index in [-0.39, 0.29) is 16.9 Å². The van der Waals surface area contributed by atoms with Crippen molar-refractivity contribution in [3.63, 3.8) is 0 Å². The molecular formula is C18H16O6. The van der Waals surface area contributed by atoms with Gasteiger partial charge in [0.25, 0.3) is 0 Å². The van der Waals surface area contributed by atoms with Crippen LogP contribution in [0.1, 0.15) is 11.1 Å². The fourth-order valence-corrected chi connectivity index (χ4v) is 2.32. The van der Waals surface area contributed by atoms with Gasteiger partial charge in [-0.05, 0) is 49.2 Å². The van der Waals surface area contributed by atoms with Crippen LogP contribution in [0.2, 0.25) is 0 Å². The molecule has 0 bridgehead atoms. The van der Waals surface area contributed by atoms with Crippen molar-refractivity contribution < 1.29 is 23.1 Å². The third-order valence-electron chi connectivity index (χ3n) is 3.77. The number of methoxy groups -OCH3 is 1. The SMILES string of the molecule is COC(=O)COc1c(-c2ccco2)oc2cc(C)c(C)cc2c1=O. The molecule has 3 aromatic rings. The van der Waals surface area contributed by atoms with Gasteiger partial charge in [0, 0.05) is 0 Å². The number of hydrogen-bond donors (Lipinski definition) is 0. The molecule has 0 radical (unpaired) electrons. The number of rotatable bonds is 4. The predicted octanol–water partition coefficient (Wildman–Crippen LogP) is 3.22. The quantitative estimate of drug-likeness (QED) is 0.684. The summed E-state index contributed by atoms with van der Waals surface area (Å²) in [4.78, 5) is 24.2. The Morgan fingerprint density at radius 2 is 1.96 bits per heavy atom. The van der Waals surface area contributed by atoms with Crippen LogP contribution < -0.4 is 10.2 Å². The highest BCUT2D eigenvalue weighted by molar-refractivity contribution is 5.83. The number of aryl methyl sites for hydroxylation is 2. The van der Waals surface area contributed by atoms with Crippen molar-refractivity contribution in [1.82, 2.24) is 0 Å². The summed E-state index contributed by atoms with van der Waals surface area (Å²) in [6.45, 7) is 3.44. The van der Waals surface area contributed by atoms with Crippen molar-refractivity contribution in [2.75, 3.05) is 13.7 Å². The summed E-state index contributed by atoms with van der Waals surface area (Å²) in [5.74, 6) is -0.192. The summed E-state index contributed by atoms with van der Waals surface area (Å²) in [5.41, 5.74) is 2.02. The van der Waals surface area contributed by atoms with Gasteiger partial charge < -0.3 is 18.3 Å². The Hall–Kier alpha value is -3.02. The molecule has 2 heterocycles. The maximum atomic E-state index is 12.8. The largest absolute Gasteiger partial charge is 0.474 e.